The first-order valence-corrected chi connectivity index (χ1v) is 14.3. The van der Waals surface area contributed by atoms with Gasteiger partial charge in [-0.3, -0.25) is 14.5 Å². The number of anilines is 1. The summed E-state index contributed by atoms with van der Waals surface area (Å²) in [6, 6.07) is 5.54. The average Bonchev–Trinajstić information content (AvgIpc) is 3.76. The van der Waals surface area contributed by atoms with E-state index in [2.05, 4.69) is 25.5 Å². The molecule has 0 bridgehead atoms. The quantitative estimate of drug-likeness (QED) is 0.232. The van der Waals surface area contributed by atoms with Gasteiger partial charge in [0.25, 0.3) is 5.91 Å². The minimum Gasteiger partial charge on any atom is -0.388 e. The summed E-state index contributed by atoms with van der Waals surface area (Å²) < 4.78 is 22.0. The Morgan fingerprint density at radius 2 is 2.05 bits per heavy atom. The maximum atomic E-state index is 13.5. The van der Waals surface area contributed by atoms with Crippen LogP contribution < -0.4 is 5.32 Å². The Bertz CT molecular complexity index is 1850. The Morgan fingerprint density at radius 1 is 1.26 bits per heavy atom. The lowest BCUT2D eigenvalue weighted by atomic mass is 10.0. The van der Waals surface area contributed by atoms with Gasteiger partial charge in [0, 0.05) is 35.6 Å². The topological polar surface area (TPSA) is 156 Å². The Kier molecular flexibility index (Phi) is 6.40. The lowest BCUT2D eigenvalue weighted by Gasteiger charge is -2.24. The Hall–Kier alpha value is -4.49. The summed E-state index contributed by atoms with van der Waals surface area (Å²) in [7, 11) is 0. The molecule has 43 heavy (non-hydrogen) atoms. The summed E-state index contributed by atoms with van der Waals surface area (Å²) >= 11 is 0. The van der Waals surface area contributed by atoms with Gasteiger partial charge < -0.3 is 20.1 Å². The van der Waals surface area contributed by atoms with Crippen LogP contribution in [-0.4, -0.2) is 68.5 Å². The summed E-state index contributed by atoms with van der Waals surface area (Å²) in [5, 5.41) is 36.7. The molecule has 0 spiro atoms. The zero-order valence-electron chi connectivity index (χ0n) is 23.9. The van der Waals surface area contributed by atoms with Crippen molar-refractivity contribution in [1.29, 1.82) is 0 Å². The van der Waals surface area contributed by atoms with E-state index in [0.29, 0.717) is 40.4 Å². The van der Waals surface area contributed by atoms with Crippen molar-refractivity contribution in [2.45, 2.75) is 76.3 Å². The molecular weight excluding hydrogens is 555 g/mol. The molecule has 12 nitrogen and oxygen atoms in total. The van der Waals surface area contributed by atoms with Crippen LogP contribution in [0, 0.1) is 6.92 Å². The van der Waals surface area contributed by atoms with Gasteiger partial charge in [-0.25, -0.2) is 8.91 Å². The third kappa shape index (κ3) is 5.30. The highest BCUT2D eigenvalue weighted by atomic mass is 19.1. The molecule has 3 atom stereocenters. The molecule has 7 rings (SSSR count). The highest BCUT2D eigenvalue weighted by molar-refractivity contribution is 6.09. The number of aliphatic hydroxyl groups is 2. The van der Waals surface area contributed by atoms with Crippen LogP contribution >= 0.6 is 0 Å². The zero-order valence-corrected chi connectivity index (χ0v) is 23.9. The summed E-state index contributed by atoms with van der Waals surface area (Å²) in [5.74, 6) is 0.153. The van der Waals surface area contributed by atoms with Gasteiger partial charge in [0.1, 0.15) is 12.3 Å². The molecule has 2 aliphatic carbocycles. The molecule has 0 saturated heterocycles. The first-order valence-electron chi connectivity index (χ1n) is 14.3. The number of hydrogen-bond donors (Lipinski definition) is 3. The number of alkyl halides is 1. The lowest BCUT2D eigenvalue weighted by molar-refractivity contribution is -0.0566. The van der Waals surface area contributed by atoms with Gasteiger partial charge in [0.05, 0.1) is 52.4 Å². The monoisotopic (exact) mass is 586 g/mol. The van der Waals surface area contributed by atoms with Gasteiger partial charge in [-0.15, -0.1) is 0 Å². The molecule has 5 heterocycles. The molecule has 0 radical (unpaired) electrons. The second-order valence-electron chi connectivity index (χ2n) is 12.0. The number of aryl methyl sites for hydroxylation is 1. The summed E-state index contributed by atoms with van der Waals surface area (Å²) in [4.78, 5) is 22.2. The number of pyridine rings is 2. The molecule has 2 fully saturated rings. The molecule has 1 unspecified atom stereocenters. The molecule has 222 valence electrons. The van der Waals surface area contributed by atoms with Gasteiger partial charge in [0.2, 0.25) is 11.7 Å². The molecule has 0 aromatic carbocycles. The van der Waals surface area contributed by atoms with Crippen LogP contribution in [0.3, 0.4) is 0 Å². The largest absolute Gasteiger partial charge is 0.388 e. The molecule has 0 aliphatic heterocycles. The minimum atomic E-state index is -1.26. The van der Waals surface area contributed by atoms with E-state index in [-0.39, 0.29) is 30.1 Å². The van der Waals surface area contributed by atoms with Gasteiger partial charge >= 0.3 is 0 Å². The van der Waals surface area contributed by atoms with E-state index in [1.165, 1.54) is 6.20 Å². The number of fused-ring (bicyclic) bond motifs is 1. The number of nitrogens with zero attached hydrogens (tertiary/aromatic N) is 7. The number of carbonyl (C=O) groups excluding carboxylic acids is 1. The summed E-state index contributed by atoms with van der Waals surface area (Å²) in [5.41, 5.74) is 4.04. The maximum absolute atomic E-state index is 13.5. The van der Waals surface area contributed by atoms with Crippen molar-refractivity contribution in [3.8, 4) is 22.5 Å². The molecule has 5 aromatic heterocycles. The van der Waals surface area contributed by atoms with E-state index < -0.39 is 17.9 Å². The fourth-order valence-electron chi connectivity index (χ4n) is 5.03. The number of amides is 1. The second-order valence-corrected chi connectivity index (χ2v) is 12.0. The first kappa shape index (κ1) is 27.3. The van der Waals surface area contributed by atoms with Crippen molar-refractivity contribution in [1.82, 2.24) is 34.5 Å². The van der Waals surface area contributed by atoms with Crippen LogP contribution in [0.4, 0.5) is 10.1 Å². The molecule has 1 amide bonds. The Morgan fingerprint density at radius 3 is 2.77 bits per heavy atom. The second kappa shape index (κ2) is 10.1. The first-order chi connectivity index (χ1) is 20.5. The standard InChI is InChI=1S/C30H31FN8O4/c1-15-23(8-18(11-32-15)27-35-29(43-37-27)19-10-22(19)31)34-28(41)20-12-33-39-7-6-17(9-24(20)39)21-13-38(14-25(40)30(2,3)42)36-26(21)16-4-5-16/h6-9,11-13,16,19,22,25,40,42H,4-5,10,14H2,1-3H3,(H,34,41)/t19?,22-,25-/m0/s1. The van der Waals surface area contributed by atoms with Crippen molar-refractivity contribution in [2.24, 2.45) is 0 Å². The maximum Gasteiger partial charge on any atom is 0.259 e. The Balaban J connectivity index is 1.16. The fourth-order valence-corrected chi connectivity index (χ4v) is 5.03. The van der Waals surface area contributed by atoms with E-state index in [0.717, 1.165) is 29.7 Å². The van der Waals surface area contributed by atoms with Crippen molar-refractivity contribution >= 4 is 17.1 Å². The van der Waals surface area contributed by atoms with Crippen molar-refractivity contribution in [2.75, 3.05) is 5.32 Å². The number of aromatic nitrogens is 7. The van der Waals surface area contributed by atoms with Crippen LogP contribution in [0.2, 0.25) is 0 Å². The van der Waals surface area contributed by atoms with Crippen LogP contribution in [0.1, 0.15) is 72.6 Å². The van der Waals surface area contributed by atoms with Crippen LogP contribution in [0.15, 0.2) is 47.5 Å². The molecule has 2 saturated carbocycles. The molecule has 2 aliphatic rings. The number of carbonyl (C=O) groups is 1. The number of nitrogens with one attached hydrogen (secondary N) is 1. The Labute approximate surface area is 245 Å². The number of aliphatic hydroxyl groups excluding tert-OH is 1. The van der Waals surface area contributed by atoms with Crippen molar-refractivity contribution in [3.63, 3.8) is 0 Å². The highest BCUT2D eigenvalue weighted by Gasteiger charge is 2.43. The summed E-state index contributed by atoms with van der Waals surface area (Å²) in [6.07, 6.45) is 7.29. The smallest absolute Gasteiger partial charge is 0.259 e. The summed E-state index contributed by atoms with van der Waals surface area (Å²) in [6.45, 7) is 5.06. The number of rotatable bonds is 9. The average molecular weight is 587 g/mol. The fraction of sp³-hybridized carbons (Fsp3) is 0.400. The number of hydrogen-bond acceptors (Lipinski definition) is 9. The van der Waals surface area contributed by atoms with Gasteiger partial charge in [-0.1, -0.05) is 5.16 Å². The predicted molar refractivity (Wildman–Crippen MR) is 153 cm³/mol. The van der Waals surface area contributed by atoms with E-state index in [1.54, 1.807) is 48.4 Å². The van der Waals surface area contributed by atoms with E-state index in [4.69, 9.17) is 9.62 Å². The van der Waals surface area contributed by atoms with Gasteiger partial charge in [-0.2, -0.15) is 15.2 Å². The van der Waals surface area contributed by atoms with E-state index in [9.17, 15) is 19.4 Å². The third-order valence-corrected chi connectivity index (χ3v) is 8.07. The highest BCUT2D eigenvalue weighted by Crippen LogP contribution is 2.44. The molecule has 13 heteroatoms. The zero-order chi connectivity index (χ0) is 30.0. The van der Waals surface area contributed by atoms with Crippen LogP contribution in [0.25, 0.3) is 28.0 Å². The normalized spacial score (nSPS) is 19.1. The van der Waals surface area contributed by atoms with Gasteiger partial charge in [-0.05, 0) is 63.8 Å². The lowest BCUT2D eigenvalue weighted by Crippen LogP contribution is -2.39. The van der Waals surface area contributed by atoms with Crippen molar-refractivity contribution in [3.05, 3.63) is 65.8 Å². The number of halogens is 1. The van der Waals surface area contributed by atoms with Crippen LogP contribution in [0.5, 0.6) is 0 Å². The third-order valence-electron chi connectivity index (χ3n) is 8.07. The van der Waals surface area contributed by atoms with Gasteiger partial charge in [0.15, 0.2) is 0 Å². The molecule has 5 aromatic rings. The van der Waals surface area contributed by atoms with E-state index in [1.807, 2.05) is 18.3 Å². The molecule has 3 N–H and O–H groups in total. The molecular formula is C30H31FN8O4. The minimum absolute atomic E-state index is 0.153. The van der Waals surface area contributed by atoms with Crippen LogP contribution in [-0.2, 0) is 6.54 Å². The predicted octanol–water partition coefficient (Wildman–Crippen LogP) is 4.04. The van der Waals surface area contributed by atoms with Crippen molar-refractivity contribution < 1.29 is 23.9 Å². The SMILES string of the molecule is Cc1ncc(-c2noc(C3C[C@@H]3F)n2)cc1NC(=O)c1cnn2ccc(-c3cn(C[C@H](O)C(C)(C)O)nc3C3CC3)cc12. The van der Waals surface area contributed by atoms with E-state index >= 15 is 0 Å².